The highest BCUT2D eigenvalue weighted by Crippen LogP contribution is 2.47. The Kier molecular flexibility index (Phi) is 4.17. The maximum atomic E-state index is 12.8. The van der Waals surface area contributed by atoms with E-state index in [1.54, 1.807) is 22.7 Å². The molecule has 0 saturated carbocycles. The van der Waals surface area contributed by atoms with Gasteiger partial charge in [-0.2, -0.15) is 0 Å². The van der Waals surface area contributed by atoms with Crippen LogP contribution in [0.5, 0.6) is 0 Å². The van der Waals surface area contributed by atoms with Crippen molar-refractivity contribution in [1.82, 2.24) is 4.90 Å². The third-order valence-corrected chi connectivity index (χ3v) is 7.31. The van der Waals surface area contributed by atoms with E-state index >= 15 is 0 Å². The lowest BCUT2D eigenvalue weighted by Gasteiger charge is -2.29. The van der Waals surface area contributed by atoms with E-state index in [9.17, 15) is 14.4 Å². The number of carbonyl (C=O) groups is 2. The maximum Gasteiger partial charge on any atom is 0.336 e. The quantitative estimate of drug-likeness (QED) is 0.375. The number of fused-ring (bicyclic) bond motifs is 4. The first-order chi connectivity index (χ1) is 14.0. The van der Waals surface area contributed by atoms with Crippen molar-refractivity contribution in [3.05, 3.63) is 58.4 Å². The molecule has 0 N–H and O–H groups in total. The molecule has 0 radical (unpaired) electrons. The zero-order chi connectivity index (χ0) is 20.2. The highest BCUT2D eigenvalue weighted by atomic mass is 32.2. The molecule has 2 saturated heterocycles. The van der Waals surface area contributed by atoms with Crippen molar-refractivity contribution in [1.29, 1.82) is 0 Å². The topological polar surface area (TPSA) is 76.8 Å². The lowest BCUT2D eigenvalue weighted by Crippen LogP contribution is -2.46. The highest BCUT2D eigenvalue weighted by Gasteiger charge is 2.53. The SMILES string of the molecule is C[C@]12CCC(=O)N1[C@H](C(=O)OCc1cc(=O)oc3ccc4ccccc4c13)CS2. The van der Waals surface area contributed by atoms with Crippen molar-refractivity contribution in [3.63, 3.8) is 0 Å². The minimum Gasteiger partial charge on any atom is -0.459 e. The number of hydrogen-bond donors (Lipinski definition) is 0. The smallest absolute Gasteiger partial charge is 0.336 e. The first-order valence-corrected chi connectivity index (χ1v) is 10.5. The summed E-state index contributed by atoms with van der Waals surface area (Å²) >= 11 is 1.62. The van der Waals surface area contributed by atoms with Gasteiger partial charge in [-0.15, -0.1) is 11.8 Å². The van der Waals surface area contributed by atoms with Gasteiger partial charge in [0.15, 0.2) is 0 Å². The molecule has 2 aliphatic heterocycles. The van der Waals surface area contributed by atoms with Gasteiger partial charge >= 0.3 is 11.6 Å². The molecule has 0 bridgehead atoms. The molecule has 6 nitrogen and oxygen atoms in total. The normalized spacial score (nSPS) is 23.7. The van der Waals surface area contributed by atoms with Gasteiger partial charge in [0.2, 0.25) is 5.91 Å². The average Bonchev–Trinajstić information content (AvgIpc) is 3.21. The summed E-state index contributed by atoms with van der Waals surface area (Å²) in [6.07, 6.45) is 1.21. The molecule has 5 rings (SSSR count). The van der Waals surface area contributed by atoms with E-state index in [0.717, 1.165) is 22.6 Å². The van der Waals surface area contributed by atoms with Crippen LogP contribution in [0.15, 0.2) is 51.7 Å². The summed E-state index contributed by atoms with van der Waals surface area (Å²) in [5.41, 5.74) is 0.570. The zero-order valence-corrected chi connectivity index (χ0v) is 16.7. The Morgan fingerprint density at radius 2 is 2.10 bits per heavy atom. The van der Waals surface area contributed by atoms with Crippen LogP contribution in [0.1, 0.15) is 25.3 Å². The zero-order valence-electron chi connectivity index (χ0n) is 15.8. The van der Waals surface area contributed by atoms with Crippen molar-refractivity contribution in [2.24, 2.45) is 0 Å². The Bertz CT molecular complexity index is 1220. The molecule has 0 aliphatic carbocycles. The van der Waals surface area contributed by atoms with Crippen LogP contribution in [-0.4, -0.2) is 33.4 Å². The summed E-state index contributed by atoms with van der Waals surface area (Å²) in [5.74, 6) is 0.0937. The van der Waals surface area contributed by atoms with Gasteiger partial charge in [-0.05, 0) is 30.2 Å². The number of benzene rings is 2. The van der Waals surface area contributed by atoms with Crippen molar-refractivity contribution in [2.45, 2.75) is 37.3 Å². The van der Waals surface area contributed by atoms with Crippen molar-refractivity contribution < 1.29 is 18.7 Å². The minimum atomic E-state index is -0.580. The molecule has 2 fully saturated rings. The van der Waals surface area contributed by atoms with E-state index in [1.165, 1.54) is 6.07 Å². The molecule has 3 heterocycles. The Hall–Kier alpha value is -2.80. The summed E-state index contributed by atoms with van der Waals surface area (Å²) in [5, 5.41) is 2.70. The Morgan fingerprint density at radius 1 is 1.28 bits per heavy atom. The third-order valence-electron chi connectivity index (χ3n) is 5.80. The predicted molar refractivity (Wildman–Crippen MR) is 111 cm³/mol. The molecule has 1 aromatic heterocycles. The molecule has 7 heteroatoms. The maximum absolute atomic E-state index is 12.8. The fourth-order valence-corrected chi connectivity index (χ4v) is 5.79. The summed E-state index contributed by atoms with van der Waals surface area (Å²) in [4.78, 5) is 38.4. The van der Waals surface area contributed by atoms with Crippen LogP contribution in [0.4, 0.5) is 0 Å². The second-order valence-electron chi connectivity index (χ2n) is 7.62. The summed E-state index contributed by atoms with van der Waals surface area (Å²) in [7, 11) is 0. The van der Waals surface area contributed by atoms with Crippen LogP contribution < -0.4 is 5.63 Å². The Labute approximate surface area is 170 Å². The summed E-state index contributed by atoms with van der Waals surface area (Å²) in [6, 6.07) is 12.2. The van der Waals surface area contributed by atoms with Gasteiger partial charge in [0, 0.05) is 29.2 Å². The molecule has 0 spiro atoms. The van der Waals surface area contributed by atoms with Crippen molar-refractivity contribution >= 4 is 45.4 Å². The van der Waals surface area contributed by atoms with E-state index in [4.69, 9.17) is 9.15 Å². The van der Waals surface area contributed by atoms with Crippen LogP contribution >= 0.6 is 11.8 Å². The number of thioether (sulfide) groups is 1. The number of esters is 1. The summed E-state index contributed by atoms with van der Waals surface area (Å²) in [6.45, 7) is 1.95. The fraction of sp³-hybridized carbons (Fsp3) is 0.318. The second-order valence-corrected chi connectivity index (χ2v) is 9.13. The first-order valence-electron chi connectivity index (χ1n) is 9.53. The standard InChI is InChI=1S/C22H19NO5S/c1-22-9-8-18(24)23(22)16(12-29-22)21(26)27-11-14-10-19(25)28-17-7-6-13-4-2-3-5-15(13)20(14)17/h2-7,10,16H,8-9,11-12H2,1H3/t16-,22-/m0/s1. The van der Waals surface area contributed by atoms with Gasteiger partial charge in [-0.3, -0.25) is 4.79 Å². The van der Waals surface area contributed by atoms with E-state index in [0.29, 0.717) is 23.3 Å². The number of carbonyl (C=O) groups excluding carboxylic acids is 2. The lowest BCUT2D eigenvalue weighted by atomic mass is 10.0. The molecule has 29 heavy (non-hydrogen) atoms. The second kappa shape index (κ2) is 6.62. The number of ether oxygens (including phenoxy) is 1. The lowest BCUT2D eigenvalue weighted by molar-refractivity contribution is -0.154. The Morgan fingerprint density at radius 3 is 2.97 bits per heavy atom. The molecule has 2 aliphatic rings. The third kappa shape index (κ3) is 2.92. The van der Waals surface area contributed by atoms with Crippen LogP contribution in [-0.2, 0) is 20.9 Å². The van der Waals surface area contributed by atoms with Gasteiger partial charge in [0.25, 0.3) is 0 Å². The first kappa shape index (κ1) is 18.2. The highest BCUT2D eigenvalue weighted by molar-refractivity contribution is 8.01. The summed E-state index contributed by atoms with van der Waals surface area (Å²) < 4.78 is 10.9. The molecule has 0 unspecified atom stereocenters. The van der Waals surface area contributed by atoms with Crippen LogP contribution in [0.25, 0.3) is 21.7 Å². The molecule has 2 aromatic carbocycles. The molecule has 2 atom stereocenters. The largest absolute Gasteiger partial charge is 0.459 e. The Balaban J connectivity index is 1.47. The van der Waals surface area contributed by atoms with Crippen molar-refractivity contribution in [3.8, 4) is 0 Å². The van der Waals surface area contributed by atoms with Crippen LogP contribution in [0.3, 0.4) is 0 Å². The molecular weight excluding hydrogens is 390 g/mol. The molecular formula is C22H19NO5S. The van der Waals surface area contributed by atoms with Gasteiger partial charge in [-0.25, -0.2) is 9.59 Å². The average molecular weight is 409 g/mol. The molecule has 3 aromatic rings. The predicted octanol–water partition coefficient (Wildman–Crippen LogP) is 3.44. The van der Waals surface area contributed by atoms with Crippen LogP contribution in [0, 0.1) is 0 Å². The molecule has 148 valence electrons. The van der Waals surface area contributed by atoms with Crippen LogP contribution in [0.2, 0.25) is 0 Å². The van der Waals surface area contributed by atoms with E-state index < -0.39 is 17.6 Å². The monoisotopic (exact) mass is 409 g/mol. The number of hydrogen-bond acceptors (Lipinski definition) is 6. The number of amides is 1. The van der Waals surface area contributed by atoms with Gasteiger partial charge in [0.05, 0.1) is 4.87 Å². The van der Waals surface area contributed by atoms with Gasteiger partial charge in [-0.1, -0.05) is 30.3 Å². The van der Waals surface area contributed by atoms with Crippen molar-refractivity contribution in [2.75, 3.05) is 5.75 Å². The van der Waals surface area contributed by atoms with E-state index in [-0.39, 0.29) is 17.4 Å². The van der Waals surface area contributed by atoms with Gasteiger partial charge in [0.1, 0.15) is 18.2 Å². The van der Waals surface area contributed by atoms with Gasteiger partial charge < -0.3 is 14.1 Å². The van der Waals surface area contributed by atoms with E-state index in [1.807, 2.05) is 37.3 Å². The molecule has 1 amide bonds. The number of nitrogens with zero attached hydrogens (tertiary/aromatic N) is 1. The minimum absolute atomic E-state index is 0.00347. The number of rotatable bonds is 3. The fourth-order valence-electron chi connectivity index (χ4n) is 4.37. The van der Waals surface area contributed by atoms with E-state index in [2.05, 4.69) is 0 Å².